The Morgan fingerprint density at radius 1 is 1.41 bits per heavy atom. The summed E-state index contributed by atoms with van der Waals surface area (Å²) in [6.07, 6.45) is 6.54. The van der Waals surface area contributed by atoms with Crippen molar-refractivity contribution in [1.82, 2.24) is 9.55 Å². The highest BCUT2D eigenvalue weighted by atomic mass is 16.5. The van der Waals surface area contributed by atoms with Gasteiger partial charge in [0, 0.05) is 25.5 Å². The zero-order chi connectivity index (χ0) is 15.9. The number of anilines is 1. The van der Waals surface area contributed by atoms with E-state index in [9.17, 15) is 4.79 Å². The van der Waals surface area contributed by atoms with Crippen LogP contribution in [0.1, 0.15) is 12.5 Å². The van der Waals surface area contributed by atoms with E-state index in [-0.39, 0.29) is 5.91 Å². The van der Waals surface area contributed by atoms with Crippen molar-refractivity contribution in [3.05, 3.63) is 42.2 Å². The highest BCUT2D eigenvalue weighted by molar-refractivity contribution is 6.01. The number of aromatic nitrogens is 2. The van der Waals surface area contributed by atoms with E-state index < -0.39 is 0 Å². The Labute approximate surface area is 129 Å². The van der Waals surface area contributed by atoms with Gasteiger partial charge in [-0.15, -0.1) is 0 Å². The molecule has 0 fully saturated rings. The molecule has 0 aliphatic heterocycles. The Morgan fingerprint density at radius 3 is 2.86 bits per heavy atom. The summed E-state index contributed by atoms with van der Waals surface area (Å²) < 4.78 is 12.5. The fraction of sp³-hybridized carbons (Fsp3) is 0.250. The first-order chi connectivity index (χ1) is 10.6. The minimum atomic E-state index is -0.248. The van der Waals surface area contributed by atoms with Gasteiger partial charge in [-0.25, -0.2) is 4.98 Å². The molecule has 0 bridgehead atoms. The van der Waals surface area contributed by atoms with Crippen LogP contribution in [-0.4, -0.2) is 29.2 Å². The molecule has 0 spiro atoms. The van der Waals surface area contributed by atoms with E-state index in [1.165, 1.54) is 6.08 Å². The predicted molar refractivity (Wildman–Crippen MR) is 85.0 cm³/mol. The molecule has 0 aliphatic rings. The average Bonchev–Trinajstić information content (AvgIpc) is 2.91. The Bertz CT molecular complexity index is 677. The molecule has 1 aromatic carbocycles. The number of ether oxygens (including phenoxy) is 2. The maximum Gasteiger partial charge on any atom is 0.250 e. The lowest BCUT2D eigenvalue weighted by atomic mass is 10.2. The molecule has 116 valence electrons. The number of carbonyl (C=O) groups is 1. The predicted octanol–water partition coefficient (Wildman–Crippen LogP) is 2.48. The standard InChI is InChI=1S/C16H19N3O3/c1-4-22-13-7-5-12(11-14(13)21-3)6-8-15(20)18-16-17-9-10-19(16)2/h5-11H,4H2,1-3H3,(H,17,18,20)/b8-6+. The van der Waals surface area contributed by atoms with Crippen LogP contribution in [0.25, 0.3) is 6.08 Å². The molecule has 0 saturated heterocycles. The van der Waals surface area contributed by atoms with Gasteiger partial charge in [0.25, 0.3) is 5.91 Å². The topological polar surface area (TPSA) is 65.4 Å². The molecule has 1 amide bonds. The molecule has 2 rings (SSSR count). The second kappa shape index (κ2) is 7.31. The number of methoxy groups -OCH3 is 1. The first-order valence-electron chi connectivity index (χ1n) is 6.91. The van der Waals surface area contributed by atoms with Crippen molar-refractivity contribution in [1.29, 1.82) is 0 Å². The highest BCUT2D eigenvalue weighted by Crippen LogP contribution is 2.28. The number of hydrogen-bond donors (Lipinski definition) is 1. The van der Waals surface area contributed by atoms with Crippen LogP contribution in [0.5, 0.6) is 11.5 Å². The number of benzene rings is 1. The number of aryl methyl sites for hydroxylation is 1. The van der Waals surface area contributed by atoms with E-state index in [1.54, 1.807) is 30.1 Å². The van der Waals surface area contributed by atoms with E-state index in [2.05, 4.69) is 10.3 Å². The number of imidazole rings is 1. The maximum atomic E-state index is 11.9. The Kier molecular flexibility index (Phi) is 5.19. The number of carbonyl (C=O) groups excluding carboxylic acids is 1. The van der Waals surface area contributed by atoms with Crippen LogP contribution >= 0.6 is 0 Å². The normalized spacial score (nSPS) is 10.7. The van der Waals surface area contributed by atoms with Crippen LogP contribution in [0, 0.1) is 0 Å². The van der Waals surface area contributed by atoms with Gasteiger partial charge in [0.15, 0.2) is 11.5 Å². The zero-order valence-electron chi connectivity index (χ0n) is 12.9. The fourth-order valence-electron chi connectivity index (χ4n) is 1.87. The van der Waals surface area contributed by atoms with E-state index in [0.29, 0.717) is 24.1 Å². The van der Waals surface area contributed by atoms with Crippen LogP contribution in [0.15, 0.2) is 36.7 Å². The Hall–Kier alpha value is -2.76. The van der Waals surface area contributed by atoms with E-state index >= 15 is 0 Å². The summed E-state index contributed by atoms with van der Waals surface area (Å²) in [4.78, 5) is 15.9. The van der Waals surface area contributed by atoms with Gasteiger partial charge >= 0.3 is 0 Å². The lowest BCUT2D eigenvalue weighted by Crippen LogP contribution is -2.11. The van der Waals surface area contributed by atoms with Gasteiger partial charge in [-0.1, -0.05) is 6.07 Å². The zero-order valence-corrected chi connectivity index (χ0v) is 12.9. The third-order valence-electron chi connectivity index (χ3n) is 2.97. The summed E-state index contributed by atoms with van der Waals surface area (Å²) in [7, 11) is 3.39. The number of hydrogen-bond acceptors (Lipinski definition) is 4. The molecule has 6 nitrogen and oxygen atoms in total. The van der Waals surface area contributed by atoms with Gasteiger partial charge < -0.3 is 14.0 Å². The van der Waals surface area contributed by atoms with Crippen molar-refractivity contribution in [2.24, 2.45) is 7.05 Å². The molecule has 2 aromatic rings. The Morgan fingerprint density at radius 2 is 2.23 bits per heavy atom. The molecular formula is C16H19N3O3. The lowest BCUT2D eigenvalue weighted by molar-refractivity contribution is -0.111. The number of nitrogens with one attached hydrogen (secondary N) is 1. The van der Waals surface area contributed by atoms with Gasteiger partial charge in [-0.05, 0) is 30.7 Å². The summed E-state index contributed by atoms with van der Waals surface area (Å²) in [5.74, 6) is 1.56. The highest BCUT2D eigenvalue weighted by Gasteiger charge is 2.05. The van der Waals surface area contributed by atoms with Crippen LogP contribution in [-0.2, 0) is 11.8 Å². The van der Waals surface area contributed by atoms with Crippen molar-refractivity contribution in [3.8, 4) is 11.5 Å². The van der Waals surface area contributed by atoms with Gasteiger partial charge in [-0.3, -0.25) is 10.1 Å². The molecule has 1 heterocycles. The number of amides is 1. The summed E-state index contributed by atoms with van der Waals surface area (Å²) in [6.45, 7) is 2.48. The Balaban J connectivity index is 2.06. The SMILES string of the molecule is CCOc1ccc(/C=C/C(=O)Nc2nccn2C)cc1OC. The largest absolute Gasteiger partial charge is 0.493 e. The second-order valence-electron chi connectivity index (χ2n) is 4.53. The van der Waals surface area contributed by atoms with E-state index in [4.69, 9.17) is 9.47 Å². The van der Waals surface area contributed by atoms with Crippen molar-refractivity contribution >= 4 is 17.9 Å². The maximum absolute atomic E-state index is 11.9. The monoisotopic (exact) mass is 301 g/mol. The first-order valence-corrected chi connectivity index (χ1v) is 6.91. The molecule has 0 radical (unpaired) electrons. The van der Waals surface area contributed by atoms with Gasteiger partial charge in [0.2, 0.25) is 5.95 Å². The number of nitrogens with zero attached hydrogens (tertiary/aromatic N) is 2. The van der Waals surface area contributed by atoms with Crippen molar-refractivity contribution in [2.75, 3.05) is 19.0 Å². The van der Waals surface area contributed by atoms with Crippen LogP contribution < -0.4 is 14.8 Å². The third kappa shape index (κ3) is 3.88. The molecule has 22 heavy (non-hydrogen) atoms. The molecule has 1 aromatic heterocycles. The molecule has 0 unspecified atom stereocenters. The molecule has 1 N–H and O–H groups in total. The van der Waals surface area contributed by atoms with Crippen molar-refractivity contribution < 1.29 is 14.3 Å². The van der Waals surface area contributed by atoms with Gasteiger partial charge in [-0.2, -0.15) is 0 Å². The second-order valence-corrected chi connectivity index (χ2v) is 4.53. The van der Waals surface area contributed by atoms with Crippen LogP contribution in [0.2, 0.25) is 0 Å². The minimum Gasteiger partial charge on any atom is -0.493 e. The van der Waals surface area contributed by atoms with Crippen molar-refractivity contribution in [2.45, 2.75) is 6.92 Å². The van der Waals surface area contributed by atoms with E-state index in [0.717, 1.165) is 5.56 Å². The molecule has 6 heteroatoms. The van der Waals surface area contributed by atoms with E-state index in [1.807, 2.05) is 32.2 Å². The first kappa shape index (κ1) is 15.6. The summed E-state index contributed by atoms with van der Waals surface area (Å²) >= 11 is 0. The summed E-state index contributed by atoms with van der Waals surface area (Å²) in [5, 5.41) is 2.69. The van der Waals surface area contributed by atoms with Crippen LogP contribution in [0.4, 0.5) is 5.95 Å². The number of rotatable bonds is 6. The summed E-state index contributed by atoms with van der Waals surface area (Å²) in [5.41, 5.74) is 0.843. The fourth-order valence-corrected chi connectivity index (χ4v) is 1.87. The summed E-state index contributed by atoms with van der Waals surface area (Å²) in [6, 6.07) is 5.49. The minimum absolute atomic E-state index is 0.248. The molecule has 0 saturated carbocycles. The van der Waals surface area contributed by atoms with Crippen LogP contribution in [0.3, 0.4) is 0 Å². The van der Waals surface area contributed by atoms with Crippen molar-refractivity contribution in [3.63, 3.8) is 0 Å². The average molecular weight is 301 g/mol. The lowest BCUT2D eigenvalue weighted by Gasteiger charge is -2.09. The quantitative estimate of drug-likeness (QED) is 0.832. The molecule has 0 aliphatic carbocycles. The third-order valence-corrected chi connectivity index (χ3v) is 2.97. The molecule has 0 atom stereocenters. The van der Waals surface area contributed by atoms with Gasteiger partial charge in [0.05, 0.1) is 13.7 Å². The van der Waals surface area contributed by atoms with Gasteiger partial charge in [0.1, 0.15) is 0 Å². The molecular weight excluding hydrogens is 282 g/mol. The smallest absolute Gasteiger partial charge is 0.250 e.